The number of nitrogen functional groups attached to an aromatic ring is 3. The van der Waals surface area contributed by atoms with E-state index >= 15 is 0 Å². The lowest BCUT2D eigenvalue weighted by Gasteiger charge is -2.06. The van der Waals surface area contributed by atoms with Crippen molar-refractivity contribution in [1.82, 2.24) is 38.3 Å². The molecule has 0 aliphatic heterocycles. The van der Waals surface area contributed by atoms with E-state index in [1.54, 1.807) is 36.4 Å². The number of nitrogens with two attached hydrogens (primary N) is 3. The Morgan fingerprint density at radius 2 is 1.12 bits per heavy atom. The highest BCUT2D eigenvalue weighted by atomic mass is 16.2. The van der Waals surface area contributed by atoms with Gasteiger partial charge < -0.3 is 22.5 Å². The van der Waals surface area contributed by atoms with E-state index in [9.17, 15) is 14.4 Å². The summed E-state index contributed by atoms with van der Waals surface area (Å²) in [6.07, 6.45) is 0. The van der Waals surface area contributed by atoms with Crippen LogP contribution in [-0.2, 0) is 17.9 Å². The first-order valence-electron chi connectivity index (χ1n) is 15.1. The van der Waals surface area contributed by atoms with Gasteiger partial charge in [-0.2, -0.15) is 0 Å². The Kier molecular flexibility index (Phi) is 7.68. The number of anilines is 4. The van der Waals surface area contributed by atoms with Gasteiger partial charge in [-0.05, 0) is 47.5 Å². The molecular weight excluding hydrogens is 624 g/mol. The molecule has 0 aliphatic rings. The van der Waals surface area contributed by atoms with Gasteiger partial charge in [-0.1, -0.05) is 60.7 Å². The van der Waals surface area contributed by atoms with Crippen molar-refractivity contribution >= 4 is 62.3 Å². The smallest absolute Gasteiger partial charge is 0.351 e. The van der Waals surface area contributed by atoms with Crippen LogP contribution in [0.1, 0.15) is 18.1 Å². The predicted octanol–water partition coefficient (Wildman–Crippen LogP) is 2.89. The van der Waals surface area contributed by atoms with E-state index in [1.165, 1.54) is 25.1 Å². The van der Waals surface area contributed by atoms with Gasteiger partial charge in [0.15, 0.2) is 11.6 Å². The molecule has 8 rings (SSSR count). The van der Waals surface area contributed by atoms with Crippen LogP contribution in [0, 0.1) is 0 Å². The van der Waals surface area contributed by atoms with Crippen molar-refractivity contribution in [2.75, 3.05) is 22.5 Å². The quantitative estimate of drug-likeness (QED) is 0.199. The topological polar surface area (TPSA) is 212 Å². The van der Waals surface area contributed by atoms with E-state index in [0.717, 1.165) is 11.1 Å². The summed E-state index contributed by atoms with van der Waals surface area (Å²) in [7, 11) is 0. The maximum Gasteiger partial charge on any atom is 0.351 e. The van der Waals surface area contributed by atoms with E-state index in [2.05, 4.69) is 25.5 Å². The molecule has 1 amide bonds. The van der Waals surface area contributed by atoms with Crippen LogP contribution in [-0.4, -0.2) is 44.2 Å². The highest BCUT2D eigenvalue weighted by Gasteiger charge is 2.16. The van der Waals surface area contributed by atoms with E-state index < -0.39 is 0 Å². The van der Waals surface area contributed by atoms with Gasteiger partial charge in [-0.25, -0.2) is 37.7 Å². The van der Waals surface area contributed by atoms with Crippen LogP contribution < -0.4 is 33.9 Å². The largest absolute Gasteiger partial charge is 0.399 e. The minimum Gasteiger partial charge on any atom is -0.399 e. The number of nitrogens with one attached hydrogen (secondary N) is 1. The Morgan fingerprint density at radius 1 is 0.653 bits per heavy atom. The Morgan fingerprint density at radius 3 is 1.61 bits per heavy atom. The van der Waals surface area contributed by atoms with Gasteiger partial charge in [-0.3, -0.25) is 4.79 Å². The molecule has 15 nitrogen and oxygen atoms in total. The fraction of sp³-hybridized carbons (Fsp3) is 0.0882. The molecule has 0 fully saturated rings. The SMILES string of the molecule is CC(=O)Nc1ccc2c(c1)nc(N)c1nn(Cc3ccccc3)c(=O)n12.Nc1ccc2c(c1)nc(N)c1nn(Cc3ccccc3)c(=O)n12. The van der Waals surface area contributed by atoms with Crippen LogP contribution in [0.25, 0.3) is 33.4 Å². The van der Waals surface area contributed by atoms with Crippen molar-refractivity contribution in [2.45, 2.75) is 20.0 Å². The number of rotatable bonds is 5. The maximum atomic E-state index is 12.9. The summed E-state index contributed by atoms with van der Waals surface area (Å²) in [5, 5.41) is 11.4. The Bertz CT molecular complexity index is 2640. The summed E-state index contributed by atoms with van der Waals surface area (Å²) >= 11 is 0. The number of amides is 1. The van der Waals surface area contributed by atoms with Gasteiger partial charge in [0.2, 0.25) is 17.2 Å². The van der Waals surface area contributed by atoms with Gasteiger partial charge in [0, 0.05) is 18.3 Å². The maximum absolute atomic E-state index is 12.9. The van der Waals surface area contributed by atoms with Crippen molar-refractivity contribution in [1.29, 1.82) is 0 Å². The molecule has 244 valence electrons. The van der Waals surface area contributed by atoms with E-state index in [-0.39, 0.29) is 28.9 Å². The first-order chi connectivity index (χ1) is 23.7. The van der Waals surface area contributed by atoms with Crippen LogP contribution in [0.5, 0.6) is 0 Å². The minimum atomic E-state index is -0.296. The summed E-state index contributed by atoms with van der Waals surface area (Å²) in [6.45, 7) is 2.14. The molecular formula is C34H30N12O3. The highest BCUT2D eigenvalue weighted by molar-refractivity contribution is 5.92. The van der Waals surface area contributed by atoms with Crippen molar-refractivity contribution in [3.63, 3.8) is 0 Å². The third-order valence-electron chi connectivity index (χ3n) is 7.75. The molecule has 0 spiro atoms. The minimum absolute atomic E-state index is 0.154. The fourth-order valence-corrected chi connectivity index (χ4v) is 5.56. The van der Waals surface area contributed by atoms with Crippen molar-refractivity contribution in [2.24, 2.45) is 0 Å². The summed E-state index contributed by atoms with van der Waals surface area (Å²) in [5.41, 5.74) is 23.2. The number of benzene rings is 4. The molecule has 4 aromatic heterocycles. The molecule has 0 unspecified atom stereocenters. The lowest BCUT2D eigenvalue weighted by molar-refractivity contribution is -0.114. The van der Waals surface area contributed by atoms with Crippen molar-refractivity contribution in [3.05, 3.63) is 129 Å². The molecule has 0 bridgehead atoms. The monoisotopic (exact) mass is 654 g/mol. The zero-order valence-corrected chi connectivity index (χ0v) is 26.2. The Labute approximate surface area is 276 Å². The molecule has 15 heteroatoms. The molecule has 49 heavy (non-hydrogen) atoms. The number of carbonyl (C=O) groups excluding carboxylic acids is 1. The molecule has 0 atom stereocenters. The summed E-state index contributed by atoms with van der Waals surface area (Å²) in [5.74, 6) is 0.166. The molecule has 8 aromatic rings. The molecule has 4 heterocycles. The average Bonchev–Trinajstić information content (AvgIpc) is 3.59. The standard InChI is InChI=1S/C18H16N6O2.C16H14N6O/c1-11(25)20-13-7-8-15-14(9-13)21-16(19)17-22-23(18(26)24(15)17)10-12-5-3-2-4-6-12;17-11-6-7-13-12(8-11)19-14(18)15-20-21(16(23)22(13)15)9-10-4-2-1-3-5-10/h2-9H,10H2,1H3,(H2,19,21)(H,20,25);1-8H,9,17H2,(H2,18,19). The normalized spacial score (nSPS) is 11.2. The second-order valence-electron chi connectivity index (χ2n) is 11.3. The van der Waals surface area contributed by atoms with Gasteiger partial charge in [0.1, 0.15) is 0 Å². The third-order valence-corrected chi connectivity index (χ3v) is 7.75. The molecule has 4 aromatic carbocycles. The number of carbonyl (C=O) groups is 1. The van der Waals surface area contributed by atoms with E-state index in [0.29, 0.717) is 57.8 Å². The Balaban J connectivity index is 0.000000155. The van der Waals surface area contributed by atoms with Gasteiger partial charge in [0.05, 0.1) is 35.2 Å². The molecule has 0 aliphatic carbocycles. The average molecular weight is 655 g/mol. The van der Waals surface area contributed by atoms with Gasteiger partial charge >= 0.3 is 11.4 Å². The third kappa shape index (κ3) is 5.87. The number of aromatic nitrogens is 8. The number of nitrogens with zero attached hydrogens (tertiary/aromatic N) is 8. The zero-order chi connectivity index (χ0) is 34.2. The number of hydrogen-bond donors (Lipinski definition) is 4. The summed E-state index contributed by atoms with van der Waals surface area (Å²) in [6, 6.07) is 29.5. The van der Waals surface area contributed by atoms with Gasteiger partial charge in [0.25, 0.3) is 0 Å². The Hall–Kier alpha value is -7.03. The second kappa shape index (κ2) is 12.3. The summed E-state index contributed by atoms with van der Waals surface area (Å²) < 4.78 is 5.67. The predicted molar refractivity (Wildman–Crippen MR) is 188 cm³/mol. The first kappa shape index (κ1) is 30.6. The lowest BCUT2D eigenvalue weighted by Crippen LogP contribution is -2.22. The molecule has 0 radical (unpaired) electrons. The lowest BCUT2D eigenvalue weighted by atomic mass is 10.2. The number of fused-ring (bicyclic) bond motifs is 6. The van der Waals surface area contributed by atoms with Crippen LogP contribution in [0.3, 0.4) is 0 Å². The van der Waals surface area contributed by atoms with Gasteiger partial charge in [-0.15, -0.1) is 10.2 Å². The first-order valence-corrected chi connectivity index (χ1v) is 15.1. The van der Waals surface area contributed by atoms with Crippen molar-refractivity contribution < 1.29 is 4.79 Å². The zero-order valence-electron chi connectivity index (χ0n) is 26.2. The van der Waals surface area contributed by atoms with Crippen LogP contribution >= 0.6 is 0 Å². The van der Waals surface area contributed by atoms with Crippen LogP contribution in [0.2, 0.25) is 0 Å². The molecule has 7 N–H and O–H groups in total. The van der Waals surface area contributed by atoms with Crippen molar-refractivity contribution in [3.8, 4) is 0 Å². The van der Waals surface area contributed by atoms with E-state index in [1.807, 2.05) is 60.7 Å². The molecule has 0 saturated heterocycles. The van der Waals surface area contributed by atoms with Crippen LogP contribution in [0.4, 0.5) is 23.0 Å². The number of hydrogen-bond acceptors (Lipinski definition) is 10. The fourth-order valence-electron chi connectivity index (χ4n) is 5.56. The van der Waals surface area contributed by atoms with E-state index in [4.69, 9.17) is 17.2 Å². The second-order valence-corrected chi connectivity index (χ2v) is 11.3. The summed E-state index contributed by atoms with van der Waals surface area (Å²) in [4.78, 5) is 45.5. The molecule has 0 saturated carbocycles. The highest BCUT2D eigenvalue weighted by Crippen LogP contribution is 2.22. The van der Waals surface area contributed by atoms with Crippen LogP contribution in [0.15, 0.2) is 107 Å².